The van der Waals surface area contributed by atoms with Crippen LogP contribution in [0, 0.1) is 22.7 Å². The summed E-state index contributed by atoms with van der Waals surface area (Å²) in [5.41, 5.74) is -0.0785. The number of nitrogens with one attached hydrogen (secondary N) is 1. The zero-order valence-electron chi connectivity index (χ0n) is 7.71. The Morgan fingerprint density at radius 1 is 1.77 bits per heavy atom. The summed E-state index contributed by atoms with van der Waals surface area (Å²) < 4.78 is 0. The van der Waals surface area contributed by atoms with Crippen LogP contribution in [0.2, 0.25) is 0 Å². The molecule has 2 N–H and O–H groups in total. The van der Waals surface area contributed by atoms with Gasteiger partial charge in [-0.2, -0.15) is 5.26 Å². The van der Waals surface area contributed by atoms with Gasteiger partial charge in [0.25, 0.3) is 0 Å². The number of hydrogen-bond acceptors (Lipinski definition) is 3. The van der Waals surface area contributed by atoms with Crippen LogP contribution in [0.4, 0.5) is 0 Å². The first-order valence-electron chi connectivity index (χ1n) is 4.42. The molecule has 0 radical (unpaired) electrons. The second-order valence-corrected chi connectivity index (χ2v) is 3.73. The molecule has 1 fully saturated rings. The summed E-state index contributed by atoms with van der Waals surface area (Å²) in [4.78, 5) is 11.1. The van der Waals surface area contributed by atoms with Crippen molar-refractivity contribution in [3.05, 3.63) is 0 Å². The normalized spacial score (nSPS) is 20.1. The summed E-state index contributed by atoms with van der Waals surface area (Å²) in [6, 6.07) is 1.86. The van der Waals surface area contributed by atoms with Gasteiger partial charge >= 0.3 is 0 Å². The molecule has 1 aliphatic rings. The van der Waals surface area contributed by atoms with Crippen LogP contribution in [0.1, 0.15) is 19.8 Å². The molecule has 0 aromatic heterocycles. The molecule has 0 spiro atoms. The lowest BCUT2D eigenvalue weighted by Crippen LogP contribution is -2.34. The second-order valence-electron chi connectivity index (χ2n) is 3.73. The van der Waals surface area contributed by atoms with Crippen molar-refractivity contribution in [3.8, 4) is 6.07 Å². The largest absolute Gasteiger partial charge is 0.396 e. The van der Waals surface area contributed by atoms with Gasteiger partial charge in [-0.15, -0.1) is 0 Å². The minimum absolute atomic E-state index is 0.0785. The molecule has 0 bridgehead atoms. The van der Waals surface area contributed by atoms with Crippen molar-refractivity contribution < 1.29 is 9.90 Å². The first-order valence-corrected chi connectivity index (χ1v) is 4.42. The van der Waals surface area contributed by atoms with Crippen molar-refractivity contribution >= 4 is 5.91 Å². The number of carbonyl (C=O) groups is 1. The zero-order chi connectivity index (χ0) is 9.90. The van der Waals surface area contributed by atoms with E-state index in [4.69, 9.17) is 10.4 Å². The van der Waals surface area contributed by atoms with E-state index in [2.05, 4.69) is 5.32 Å². The molecule has 13 heavy (non-hydrogen) atoms. The average molecular weight is 182 g/mol. The van der Waals surface area contributed by atoms with Crippen LogP contribution >= 0.6 is 0 Å². The summed E-state index contributed by atoms with van der Waals surface area (Å²) in [6.45, 7) is 2.18. The number of aliphatic hydroxyl groups excluding tert-OH is 1. The monoisotopic (exact) mass is 182 g/mol. The van der Waals surface area contributed by atoms with Crippen LogP contribution in [-0.2, 0) is 4.79 Å². The highest BCUT2D eigenvalue weighted by molar-refractivity contribution is 5.80. The lowest BCUT2D eigenvalue weighted by molar-refractivity contribution is -0.123. The number of rotatable bonds is 4. The third kappa shape index (κ3) is 2.43. The fraction of sp³-hybridized carbons (Fsp3) is 0.778. The molecule has 4 nitrogen and oxygen atoms in total. The van der Waals surface area contributed by atoms with Crippen LogP contribution in [0.3, 0.4) is 0 Å². The standard InChI is InChI=1S/C9H14N2O2/c1-7(4-10)8(13)11-5-9(6-12)2-3-9/h7,12H,2-3,5-6H2,1H3,(H,11,13). The van der Waals surface area contributed by atoms with Gasteiger partial charge in [0, 0.05) is 12.0 Å². The lowest BCUT2D eigenvalue weighted by atomic mass is 10.1. The van der Waals surface area contributed by atoms with E-state index in [0.29, 0.717) is 6.54 Å². The molecular weight excluding hydrogens is 168 g/mol. The number of hydrogen-bond donors (Lipinski definition) is 2. The lowest BCUT2D eigenvalue weighted by Gasteiger charge is -2.12. The molecule has 1 amide bonds. The van der Waals surface area contributed by atoms with Crippen molar-refractivity contribution in [1.29, 1.82) is 5.26 Å². The average Bonchev–Trinajstić information content (AvgIpc) is 2.93. The molecule has 0 aromatic carbocycles. The molecule has 0 heterocycles. The Morgan fingerprint density at radius 2 is 2.38 bits per heavy atom. The Labute approximate surface area is 77.6 Å². The van der Waals surface area contributed by atoms with E-state index in [-0.39, 0.29) is 17.9 Å². The molecule has 4 heteroatoms. The van der Waals surface area contributed by atoms with Crippen LogP contribution in [0.5, 0.6) is 0 Å². The van der Waals surface area contributed by atoms with Gasteiger partial charge in [0.2, 0.25) is 5.91 Å². The molecule has 1 unspecified atom stereocenters. The summed E-state index contributed by atoms with van der Waals surface area (Å²) in [6.07, 6.45) is 1.93. The summed E-state index contributed by atoms with van der Waals surface area (Å²) in [5, 5.41) is 20.1. The van der Waals surface area contributed by atoms with E-state index in [9.17, 15) is 4.79 Å². The van der Waals surface area contributed by atoms with Gasteiger partial charge in [-0.1, -0.05) is 0 Å². The second kappa shape index (κ2) is 3.75. The Morgan fingerprint density at radius 3 is 2.77 bits per heavy atom. The Kier molecular flexibility index (Phi) is 2.89. The SMILES string of the molecule is CC(C#N)C(=O)NCC1(CO)CC1. The number of amides is 1. The molecule has 0 saturated heterocycles. The molecule has 1 atom stereocenters. The number of nitriles is 1. The smallest absolute Gasteiger partial charge is 0.237 e. The highest BCUT2D eigenvalue weighted by atomic mass is 16.3. The van der Waals surface area contributed by atoms with Gasteiger partial charge in [0.05, 0.1) is 12.7 Å². The van der Waals surface area contributed by atoms with Crippen LogP contribution < -0.4 is 5.32 Å². The Bertz CT molecular complexity index is 240. The molecule has 1 aliphatic carbocycles. The fourth-order valence-corrected chi connectivity index (χ4v) is 1.05. The van der Waals surface area contributed by atoms with E-state index in [1.807, 2.05) is 6.07 Å². The summed E-state index contributed by atoms with van der Waals surface area (Å²) in [7, 11) is 0. The summed E-state index contributed by atoms with van der Waals surface area (Å²) in [5.74, 6) is -0.850. The first kappa shape index (κ1) is 10.0. The number of aliphatic hydroxyl groups is 1. The predicted molar refractivity (Wildman–Crippen MR) is 46.5 cm³/mol. The third-order valence-corrected chi connectivity index (χ3v) is 2.52. The molecule has 0 aliphatic heterocycles. The highest BCUT2D eigenvalue weighted by Gasteiger charge is 2.42. The quantitative estimate of drug-likeness (QED) is 0.644. The maximum absolute atomic E-state index is 11.1. The molecule has 0 aromatic rings. The Hall–Kier alpha value is -1.08. The van der Waals surface area contributed by atoms with Crippen molar-refractivity contribution in [3.63, 3.8) is 0 Å². The van der Waals surface area contributed by atoms with Crippen molar-refractivity contribution in [1.82, 2.24) is 5.32 Å². The molecular formula is C9H14N2O2. The molecule has 1 saturated carbocycles. The van der Waals surface area contributed by atoms with E-state index in [1.54, 1.807) is 6.92 Å². The maximum atomic E-state index is 11.1. The predicted octanol–water partition coefficient (Wildman–Crippen LogP) is 0.0348. The van der Waals surface area contributed by atoms with Gasteiger partial charge in [0.1, 0.15) is 5.92 Å². The molecule has 1 rings (SSSR count). The maximum Gasteiger partial charge on any atom is 0.237 e. The number of nitrogens with zero attached hydrogens (tertiary/aromatic N) is 1. The fourth-order valence-electron chi connectivity index (χ4n) is 1.05. The Balaban J connectivity index is 2.27. The van der Waals surface area contributed by atoms with E-state index in [1.165, 1.54) is 0 Å². The van der Waals surface area contributed by atoms with Gasteiger partial charge in [-0.25, -0.2) is 0 Å². The van der Waals surface area contributed by atoms with Crippen molar-refractivity contribution in [2.45, 2.75) is 19.8 Å². The summed E-state index contributed by atoms with van der Waals surface area (Å²) >= 11 is 0. The van der Waals surface area contributed by atoms with Gasteiger partial charge in [0.15, 0.2) is 0 Å². The van der Waals surface area contributed by atoms with Crippen molar-refractivity contribution in [2.75, 3.05) is 13.2 Å². The van der Waals surface area contributed by atoms with E-state index >= 15 is 0 Å². The van der Waals surface area contributed by atoms with Crippen LogP contribution in [0.25, 0.3) is 0 Å². The van der Waals surface area contributed by atoms with E-state index < -0.39 is 5.92 Å². The van der Waals surface area contributed by atoms with E-state index in [0.717, 1.165) is 12.8 Å². The highest BCUT2D eigenvalue weighted by Crippen LogP contribution is 2.44. The topological polar surface area (TPSA) is 73.1 Å². The minimum Gasteiger partial charge on any atom is -0.396 e. The molecule has 72 valence electrons. The minimum atomic E-state index is -0.602. The number of carbonyl (C=O) groups excluding carboxylic acids is 1. The van der Waals surface area contributed by atoms with Gasteiger partial charge in [-0.3, -0.25) is 4.79 Å². The first-order chi connectivity index (χ1) is 6.13. The van der Waals surface area contributed by atoms with Gasteiger partial charge in [-0.05, 0) is 19.8 Å². The van der Waals surface area contributed by atoms with Crippen LogP contribution in [-0.4, -0.2) is 24.2 Å². The van der Waals surface area contributed by atoms with Crippen molar-refractivity contribution in [2.24, 2.45) is 11.3 Å². The van der Waals surface area contributed by atoms with Gasteiger partial charge < -0.3 is 10.4 Å². The zero-order valence-corrected chi connectivity index (χ0v) is 7.71. The third-order valence-electron chi connectivity index (χ3n) is 2.52. The van der Waals surface area contributed by atoms with Crippen LogP contribution in [0.15, 0.2) is 0 Å².